The van der Waals surface area contributed by atoms with Gasteiger partial charge in [0.05, 0.1) is 7.11 Å². The van der Waals surface area contributed by atoms with Gasteiger partial charge in [0.15, 0.2) is 0 Å². The first kappa shape index (κ1) is 21.4. The Kier molecular flexibility index (Phi) is 5.66. The summed E-state index contributed by atoms with van der Waals surface area (Å²) >= 11 is 0. The summed E-state index contributed by atoms with van der Waals surface area (Å²) in [6.07, 6.45) is 11.3. The van der Waals surface area contributed by atoms with Crippen LogP contribution in [-0.2, 0) is 14.3 Å². The van der Waals surface area contributed by atoms with Gasteiger partial charge in [-0.1, -0.05) is 34.1 Å². The Morgan fingerprint density at radius 3 is 2.62 bits per heavy atom. The summed E-state index contributed by atoms with van der Waals surface area (Å²) in [6.45, 7) is 9.54. The fourth-order valence-electron chi connectivity index (χ4n) is 8.77. The number of carbonyl (C=O) groups is 2. The lowest BCUT2D eigenvalue weighted by molar-refractivity contribution is -0.158. The quantitative estimate of drug-likeness (QED) is 0.538. The van der Waals surface area contributed by atoms with E-state index in [1.54, 1.807) is 0 Å². The van der Waals surface area contributed by atoms with Crippen molar-refractivity contribution >= 4 is 11.8 Å². The van der Waals surface area contributed by atoms with Gasteiger partial charge in [-0.2, -0.15) is 0 Å². The van der Waals surface area contributed by atoms with Gasteiger partial charge in [0.1, 0.15) is 5.78 Å². The molecule has 4 aliphatic rings. The van der Waals surface area contributed by atoms with E-state index in [2.05, 4.69) is 27.7 Å². The smallest absolute Gasteiger partial charge is 0.305 e. The Balaban J connectivity index is 1.54. The first-order valence-corrected chi connectivity index (χ1v) is 12.3. The summed E-state index contributed by atoms with van der Waals surface area (Å²) in [7, 11) is 1.47. The van der Waals surface area contributed by atoms with Crippen molar-refractivity contribution in [2.45, 2.75) is 91.9 Å². The van der Waals surface area contributed by atoms with E-state index in [4.69, 9.17) is 4.74 Å². The van der Waals surface area contributed by atoms with Crippen LogP contribution in [0.3, 0.4) is 0 Å². The molecule has 3 heteroatoms. The molecule has 0 bridgehead atoms. The van der Waals surface area contributed by atoms with Gasteiger partial charge in [0, 0.05) is 18.3 Å². The normalized spacial score (nSPS) is 47.7. The lowest BCUT2D eigenvalue weighted by Gasteiger charge is -2.60. The van der Waals surface area contributed by atoms with Crippen molar-refractivity contribution in [2.75, 3.05) is 7.11 Å². The van der Waals surface area contributed by atoms with Crippen LogP contribution in [0.2, 0.25) is 0 Å². The minimum atomic E-state index is -0.165. The fraction of sp³-hybridized carbons (Fsp3) is 0.923. The minimum Gasteiger partial charge on any atom is -0.469 e. The maximum atomic E-state index is 13.8. The zero-order valence-electron chi connectivity index (χ0n) is 19.3. The first-order valence-electron chi connectivity index (χ1n) is 12.3. The number of Topliss-reactive ketones (excluding diaryl/α,β-unsaturated/α-hetero) is 1. The van der Waals surface area contributed by atoms with Gasteiger partial charge >= 0.3 is 5.97 Å². The molecule has 4 aliphatic carbocycles. The average Bonchev–Trinajstić information content (AvgIpc) is 3.06. The highest BCUT2D eigenvalue weighted by molar-refractivity contribution is 5.87. The predicted octanol–water partition coefficient (Wildman–Crippen LogP) is 6.05. The molecule has 0 aromatic heterocycles. The van der Waals surface area contributed by atoms with E-state index in [9.17, 15) is 9.59 Å². The molecule has 0 amide bonds. The molecule has 4 rings (SSSR count). The van der Waals surface area contributed by atoms with Gasteiger partial charge in [0.25, 0.3) is 0 Å². The number of rotatable bonds is 4. The lowest BCUT2D eigenvalue weighted by atomic mass is 9.43. The Hall–Kier alpha value is -0.860. The molecule has 0 aromatic carbocycles. The van der Waals surface area contributed by atoms with E-state index in [0.29, 0.717) is 41.3 Å². The highest BCUT2D eigenvalue weighted by Gasteiger charge is 2.63. The van der Waals surface area contributed by atoms with Crippen LogP contribution in [0.4, 0.5) is 0 Å². The SMILES string of the molecule is COC(=O)CC[C@@H](C)[C@H]1CC[C@H]2C3CC[C@@H]4C[C@H](C)CC[C@]4(C)[C@H]3CC(=O)[C@]12C. The summed E-state index contributed by atoms with van der Waals surface area (Å²) in [5.41, 5.74) is 0.225. The number of ether oxygens (including phenoxy) is 1. The number of methoxy groups -OCH3 is 1. The summed E-state index contributed by atoms with van der Waals surface area (Å²) in [6, 6.07) is 0. The molecule has 0 N–H and O–H groups in total. The monoisotopic (exact) mass is 402 g/mol. The molecule has 29 heavy (non-hydrogen) atoms. The predicted molar refractivity (Wildman–Crippen MR) is 115 cm³/mol. The molecular formula is C26H42O3. The van der Waals surface area contributed by atoms with E-state index in [1.807, 2.05) is 0 Å². The number of carbonyl (C=O) groups excluding carboxylic acids is 2. The Bertz CT molecular complexity index is 656. The Morgan fingerprint density at radius 2 is 1.90 bits per heavy atom. The minimum absolute atomic E-state index is 0.121. The van der Waals surface area contributed by atoms with Crippen molar-refractivity contribution < 1.29 is 14.3 Å². The van der Waals surface area contributed by atoms with Crippen LogP contribution >= 0.6 is 0 Å². The first-order chi connectivity index (χ1) is 13.7. The molecule has 3 nitrogen and oxygen atoms in total. The Labute approximate surface area is 177 Å². The molecule has 0 heterocycles. The van der Waals surface area contributed by atoms with Gasteiger partial charge < -0.3 is 4.74 Å². The zero-order chi connectivity index (χ0) is 21.0. The third kappa shape index (κ3) is 3.30. The molecule has 0 spiro atoms. The molecular weight excluding hydrogens is 360 g/mol. The molecule has 1 unspecified atom stereocenters. The number of hydrogen-bond acceptors (Lipinski definition) is 3. The van der Waals surface area contributed by atoms with Crippen molar-refractivity contribution in [1.29, 1.82) is 0 Å². The Morgan fingerprint density at radius 1 is 1.14 bits per heavy atom. The van der Waals surface area contributed by atoms with Crippen molar-refractivity contribution in [3.8, 4) is 0 Å². The molecule has 0 aliphatic heterocycles. The highest BCUT2D eigenvalue weighted by atomic mass is 16.5. The van der Waals surface area contributed by atoms with E-state index in [-0.39, 0.29) is 11.4 Å². The third-order valence-corrected chi connectivity index (χ3v) is 10.6. The molecule has 0 radical (unpaired) electrons. The zero-order valence-corrected chi connectivity index (χ0v) is 19.3. The van der Waals surface area contributed by atoms with Gasteiger partial charge in [-0.3, -0.25) is 9.59 Å². The number of ketones is 1. The molecule has 4 fully saturated rings. The molecule has 0 saturated heterocycles. The van der Waals surface area contributed by atoms with Crippen molar-refractivity contribution in [3.05, 3.63) is 0 Å². The fourth-order valence-corrected chi connectivity index (χ4v) is 8.77. The number of fused-ring (bicyclic) bond motifs is 5. The summed E-state index contributed by atoms with van der Waals surface area (Å²) in [5, 5.41) is 0. The van der Waals surface area contributed by atoms with Gasteiger partial charge in [-0.05, 0) is 91.8 Å². The van der Waals surface area contributed by atoms with Crippen LogP contribution in [0, 0.1) is 52.3 Å². The second kappa shape index (κ2) is 7.68. The van der Waals surface area contributed by atoms with Crippen molar-refractivity contribution in [3.63, 3.8) is 0 Å². The second-order valence-electron chi connectivity index (χ2n) is 11.7. The molecule has 0 aromatic rings. The third-order valence-electron chi connectivity index (χ3n) is 10.6. The molecule has 164 valence electrons. The maximum absolute atomic E-state index is 13.8. The largest absolute Gasteiger partial charge is 0.469 e. The highest BCUT2D eigenvalue weighted by Crippen LogP contribution is 2.67. The second-order valence-corrected chi connectivity index (χ2v) is 11.7. The van der Waals surface area contributed by atoms with E-state index in [0.717, 1.165) is 37.0 Å². The summed E-state index contributed by atoms with van der Waals surface area (Å²) < 4.78 is 4.85. The standard InChI is InChI=1S/C26H42O3/c1-16-12-13-25(3)18(14-16)7-8-19-21-10-9-20(17(2)6-11-24(28)29-5)26(21,4)23(27)15-22(19)25/h16-22H,6-15H2,1-5H3/t16-,17-,18-,19?,20-,21+,22+,25+,26-/m1/s1. The number of hydrogen-bond donors (Lipinski definition) is 0. The van der Waals surface area contributed by atoms with Crippen LogP contribution < -0.4 is 0 Å². The van der Waals surface area contributed by atoms with Crippen molar-refractivity contribution in [2.24, 2.45) is 52.3 Å². The van der Waals surface area contributed by atoms with Gasteiger partial charge in [-0.25, -0.2) is 0 Å². The maximum Gasteiger partial charge on any atom is 0.305 e. The van der Waals surface area contributed by atoms with E-state index >= 15 is 0 Å². The van der Waals surface area contributed by atoms with Crippen molar-refractivity contribution in [1.82, 2.24) is 0 Å². The van der Waals surface area contributed by atoms with Crippen LogP contribution in [0.5, 0.6) is 0 Å². The van der Waals surface area contributed by atoms with Crippen LogP contribution in [0.15, 0.2) is 0 Å². The summed E-state index contributed by atoms with van der Waals surface area (Å²) in [4.78, 5) is 25.4. The van der Waals surface area contributed by atoms with Crippen LogP contribution in [0.1, 0.15) is 91.9 Å². The topological polar surface area (TPSA) is 43.4 Å². The number of esters is 1. The average molecular weight is 403 g/mol. The van der Waals surface area contributed by atoms with Gasteiger partial charge in [0.2, 0.25) is 0 Å². The van der Waals surface area contributed by atoms with E-state index < -0.39 is 0 Å². The molecule has 4 saturated carbocycles. The lowest BCUT2D eigenvalue weighted by Crippen LogP contribution is -2.57. The van der Waals surface area contributed by atoms with Crippen LogP contribution in [-0.4, -0.2) is 18.9 Å². The van der Waals surface area contributed by atoms with Gasteiger partial charge in [-0.15, -0.1) is 0 Å². The molecule has 9 atom stereocenters. The summed E-state index contributed by atoms with van der Waals surface area (Å²) in [5.74, 6) is 4.89. The van der Waals surface area contributed by atoms with E-state index in [1.165, 1.54) is 45.6 Å². The van der Waals surface area contributed by atoms with Crippen LogP contribution in [0.25, 0.3) is 0 Å².